The first kappa shape index (κ1) is 18.4. The summed E-state index contributed by atoms with van der Waals surface area (Å²) in [7, 11) is 0. The largest absolute Gasteiger partial charge is 0.348 e. The van der Waals surface area contributed by atoms with E-state index in [1.165, 1.54) is 16.9 Å². The average Bonchev–Trinajstić information content (AvgIpc) is 2.56. The van der Waals surface area contributed by atoms with Gasteiger partial charge in [0.25, 0.3) is 5.91 Å². The van der Waals surface area contributed by atoms with Crippen molar-refractivity contribution in [2.24, 2.45) is 11.8 Å². The first-order valence-corrected chi connectivity index (χ1v) is 10.1. The molecule has 0 radical (unpaired) electrons. The molecular formula is C21H35N3O+2. The van der Waals surface area contributed by atoms with Crippen molar-refractivity contribution in [2.75, 3.05) is 32.7 Å². The molecule has 2 heterocycles. The highest BCUT2D eigenvalue weighted by atomic mass is 16.2. The Bertz CT molecular complexity index is 529. The predicted octanol–water partition coefficient (Wildman–Crippen LogP) is -0.0891. The van der Waals surface area contributed by atoms with E-state index in [1.54, 1.807) is 4.90 Å². The number of benzene rings is 1. The van der Waals surface area contributed by atoms with Gasteiger partial charge in [0.1, 0.15) is 6.54 Å². The molecule has 0 aliphatic carbocycles. The molecule has 0 unspecified atom stereocenters. The van der Waals surface area contributed by atoms with Crippen LogP contribution in [0.1, 0.15) is 38.7 Å². The maximum atomic E-state index is 12.4. The normalized spacial score (nSPS) is 33.0. The summed E-state index contributed by atoms with van der Waals surface area (Å²) >= 11 is 0. The monoisotopic (exact) mass is 345 g/mol. The van der Waals surface area contributed by atoms with Gasteiger partial charge < -0.3 is 15.1 Å². The van der Waals surface area contributed by atoms with Crippen molar-refractivity contribution >= 4 is 5.91 Å². The van der Waals surface area contributed by atoms with Crippen LogP contribution in [-0.2, 0) is 11.3 Å². The molecule has 1 aromatic rings. The summed E-state index contributed by atoms with van der Waals surface area (Å²) < 4.78 is 0. The minimum Gasteiger partial charge on any atom is -0.348 e. The number of hydrogen-bond acceptors (Lipinski definition) is 1. The molecule has 0 spiro atoms. The fraction of sp³-hybridized carbons (Fsp3) is 0.667. The van der Waals surface area contributed by atoms with Crippen LogP contribution in [-0.4, -0.2) is 44.7 Å². The quantitative estimate of drug-likeness (QED) is 0.686. The van der Waals surface area contributed by atoms with Crippen LogP contribution in [0.3, 0.4) is 0 Å². The molecule has 3 N–H and O–H groups in total. The molecular weight excluding hydrogens is 310 g/mol. The van der Waals surface area contributed by atoms with E-state index in [1.807, 2.05) is 0 Å². The highest BCUT2D eigenvalue weighted by molar-refractivity contribution is 5.77. The number of piperidine rings is 2. The molecule has 4 nitrogen and oxygen atoms in total. The molecule has 1 aromatic carbocycles. The lowest BCUT2D eigenvalue weighted by atomic mass is 9.92. The zero-order valence-electron chi connectivity index (χ0n) is 15.9. The molecule has 0 bridgehead atoms. The van der Waals surface area contributed by atoms with E-state index in [4.69, 9.17) is 0 Å². The number of likely N-dealkylation sites (tertiary alicyclic amines) is 2. The topological polar surface area (TPSA) is 38.0 Å². The Morgan fingerprint density at radius 1 is 1.04 bits per heavy atom. The highest BCUT2D eigenvalue weighted by Gasteiger charge is 2.28. The van der Waals surface area contributed by atoms with E-state index < -0.39 is 0 Å². The first-order valence-electron chi connectivity index (χ1n) is 10.1. The van der Waals surface area contributed by atoms with Crippen molar-refractivity contribution in [3.63, 3.8) is 0 Å². The summed E-state index contributed by atoms with van der Waals surface area (Å²) in [5.74, 6) is 1.75. The molecule has 25 heavy (non-hydrogen) atoms. The molecule has 1 amide bonds. The molecule has 4 heteroatoms. The Morgan fingerprint density at radius 3 is 2.32 bits per heavy atom. The van der Waals surface area contributed by atoms with E-state index in [0.717, 1.165) is 57.4 Å². The van der Waals surface area contributed by atoms with Crippen molar-refractivity contribution in [1.29, 1.82) is 0 Å². The maximum Gasteiger partial charge on any atom is 0.275 e. The Hall–Kier alpha value is -1.39. The first-order chi connectivity index (χ1) is 12.1. The maximum absolute atomic E-state index is 12.4. The summed E-state index contributed by atoms with van der Waals surface area (Å²) in [6.07, 6.45) is 3.53. The molecule has 2 aliphatic rings. The zero-order valence-corrected chi connectivity index (χ0v) is 15.9. The minimum absolute atomic E-state index is 0.257. The van der Waals surface area contributed by atoms with Crippen LogP contribution in [0.2, 0.25) is 0 Å². The van der Waals surface area contributed by atoms with Gasteiger partial charge in [-0.1, -0.05) is 44.2 Å². The van der Waals surface area contributed by atoms with Crippen molar-refractivity contribution in [3.8, 4) is 0 Å². The Balaban J connectivity index is 1.37. The number of quaternary nitrogens is 2. The smallest absolute Gasteiger partial charge is 0.275 e. The van der Waals surface area contributed by atoms with Gasteiger partial charge in [0.15, 0.2) is 6.54 Å². The average molecular weight is 346 g/mol. The molecule has 3 rings (SSSR count). The molecule has 2 saturated heterocycles. The molecule has 138 valence electrons. The molecule has 2 aliphatic heterocycles. The third kappa shape index (κ3) is 5.82. The van der Waals surface area contributed by atoms with E-state index in [2.05, 4.69) is 49.5 Å². The van der Waals surface area contributed by atoms with Crippen LogP contribution in [0.25, 0.3) is 0 Å². The van der Waals surface area contributed by atoms with E-state index in [9.17, 15) is 4.79 Å². The third-order valence-electron chi connectivity index (χ3n) is 5.84. The Morgan fingerprint density at radius 2 is 1.68 bits per heavy atom. The molecule has 0 aromatic heterocycles. The fourth-order valence-electron chi connectivity index (χ4n) is 4.80. The van der Waals surface area contributed by atoms with Gasteiger partial charge in [0.05, 0.1) is 26.2 Å². The lowest BCUT2D eigenvalue weighted by Crippen LogP contribution is -3.15. The number of hydrogen-bond donors (Lipinski definition) is 3. The van der Waals surface area contributed by atoms with E-state index >= 15 is 0 Å². The zero-order chi connectivity index (χ0) is 17.6. The summed E-state index contributed by atoms with van der Waals surface area (Å²) in [6.45, 7) is 11.0. The number of carbonyl (C=O) groups excluding carboxylic acids is 1. The number of carbonyl (C=O) groups is 1. The van der Waals surface area contributed by atoms with Crippen LogP contribution >= 0.6 is 0 Å². The number of rotatable bonds is 5. The fourth-order valence-corrected chi connectivity index (χ4v) is 4.80. The van der Waals surface area contributed by atoms with Crippen molar-refractivity contribution < 1.29 is 14.6 Å². The summed E-state index contributed by atoms with van der Waals surface area (Å²) in [4.78, 5) is 15.5. The van der Waals surface area contributed by atoms with Crippen LogP contribution in [0, 0.1) is 11.8 Å². The molecule has 2 fully saturated rings. The number of nitrogens with one attached hydrogen (secondary N) is 3. The number of amides is 1. The van der Waals surface area contributed by atoms with Crippen LogP contribution < -0.4 is 15.1 Å². The van der Waals surface area contributed by atoms with E-state index in [0.29, 0.717) is 12.6 Å². The van der Waals surface area contributed by atoms with Gasteiger partial charge >= 0.3 is 0 Å². The molecule has 0 saturated carbocycles. The summed E-state index contributed by atoms with van der Waals surface area (Å²) in [6, 6.07) is 11.1. The van der Waals surface area contributed by atoms with Gasteiger partial charge in [0, 0.05) is 36.3 Å². The SMILES string of the molecule is C[C@H]1C[C@H](C)C[NH+](CC(=O)NC2CC[NH+](Cc3ccccc3)CC2)C1. The second-order valence-corrected chi connectivity index (χ2v) is 8.54. The van der Waals surface area contributed by atoms with Gasteiger partial charge in [-0.05, 0) is 6.42 Å². The van der Waals surface area contributed by atoms with Crippen LogP contribution in [0.15, 0.2) is 30.3 Å². The van der Waals surface area contributed by atoms with Gasteiger partial charge in [-0.3, -0.25) is 4.79 Å². The second-order valence-electron chi connectivity index (χ2n) is 8.54. The second kappa shape index (κ2) is 8.81. The minimum atomic E-state index is 0.257. The Kier molecular flexibility index (Phi) is 6.49. The van der Waals surface area contributed by atoms with Gasteiger partial charge in [-0.15, -0.1) is 0 Å². The molecule has 2 atom stereocenters. The van der Waals surface area contributed by atoms with Crippen LogP contribution in [0.5, 0.6) is 0 Å². The summed E-state index contributed by atoms with van der Waals surface area (Å²) in [5.41, 5.74) is 1.41. The lowest BCUT2D eigenvalue weighted by Gasteiger charge is -2.33. The standard InChI is InChI=1S/C21H33N3O/c1-17-12-18(2)14-24(13-17)16-21(25)22-20-8-10-23(11-9-20)15-19-6-4-3-5-7-19/h3-7,17-18,20H,8-16H2,1-2H3,(H,22,25)/p+2/t17-,18-/m0/s1. The van der Waals surface area contributed by atoms with Crippen molar-refractivity contribution in [3.05, 3.63) is 35.9 Å². The van der Waals surface area contributed by atoms with Gasteiger partial charge in [0.2, 0.25) is 0 Å². The van der Waals surface area contributed by atoms with Crippen molar-refractivity contribution in [1.82, 2.24) is 5.32 Å². The summed E-state index contributed by atoms with van der Waals surface area (Å²) in [5, 5.41) is 3.31. The van der Waals surface area contributed by atoms with Crippen molar-refractivity contribution in [2.45, 2.75) is 45.7 Å². The Labute approximate surface area is 152 Å². The van der Waals surface area contributed by atoms with Gasteiger partial charge in [-0.25, -0.2) is 0 Å². The van der Waals surface area contributed by atoms with E-state index in [-0.39, 0.29) is 5.91 Å². The van der Waals surface area contributed by atoms with Crippen LogP contribution in [0.4, 0.5) is 0 Å². The predicted molar refractivity (Wildman–Crippen MR) is 101 cm³/mol. The van der Waals surface area contributed by atoms with Gasteiger partial charge in [-0.2, -0.15) is 0 Å². The highest BCUT2D eigenvalue weighted by Crippen LogP contribution is 2.11. The third-order valence-corrected chi connectivity index (χ3v) is 5.84. The lowest BCUT2D eigenvalue weighted by molar-refractivity contribution is -0.918.